The number of pyridine rings is 1. The lowest BCUT2D eigenvalue weighted by molar-refractivity contribution is 0.154. The zero-order valence-electron chi connectivity index (χ0n) is 12.5. The molecule has 1 N–H and O–H groups in total. The summed E-state index contributed by atoms with van der Waals surface area (Å²) in [7, 11) is 0. The molecule has 0 saturated carbocycles. The van der Waals surface area contributed by atoms with Crippen molar-refractivity contribution < 1.29 is 5.11 Å². The number of aliphatic hydroxyl groups excluding tert-OH is 1. The van der Waals surface area contributed by atoms with E-state index in [1.807, 2.05) is 19.9 Å². The number of hydrogen-bond acceptors (Lipinski definition) is 4. The fourth-order valence-electron chi connectivity index (χ4n) is 2.47. The van der Waals surface area contributed by atoms with E-state index in [2.05, 4.69) is 9.97 Å². The van der Waals surface area contributed by atoms with Crippen molar-refractivity contribution in [2.75, 3.05) is 0 Å². The van der Waals surface area contributed by atoms with Gasteiger partial charge < -0.3 is 5.11 Å². The van der Waals surface area contributed by atoms with Crippen molar-refractivity contribution >= 4 is 10.9 Å². The van der Waals surface area contributed by atoms with Crippen molar-refractivity contribution in [2.24, 2.45) is 0 Å². The molecule has 0 aliphatic rings. The summed E-state index contributed by atoms with van der Waals surface area (Å²) in [5.74, 6) is 0. The maximum atomic E-state index is 12.6. The second-order valence-corrected chi connectivity index (χ2v) is 5.41. The Balaban J connectivity index is 2.01. The van der Waals surface area contributed by atoms with Crippen LogP contribution >= 0.6 is 0 Å². The second-order valence-electron chi connectivity index (χ2n) is 5.41. The smallest absolute Gasteiger partial charge is 0.261 e. The van der Waals surface area contributed by atoms with Gasteiger partial charge in [0.25, 0.3) is 5.56 Å². The van der Waals surface area contributed by atoms with Gasteiger partial charge in [-0.05, 0) is 37.1 Å². The SMILES string of the molecule is Cc1ccc2c(=O)n(CC(O)c3cccnc3)cnc2c1C. The minimum atomic E-state index is -0.794. The molecule has 0 amide bonds. The van der Waals surface area contributed by atoms with Crippen LogP contribution in [0.4, 0.5) is 0 Å². The Morgan fingerprint density at radius 3 is 2.82 bits per heavy atom. The van der Waals surface area contributed by atoms with E-state index in [-0.39, 0.29) is 12.1 Å². The van der Waals surface area contributed by atoms with E-state index in [0.717, 1.165) is 16.6 Å². The standard InChI is InChI=1S/C17H17N3O2/c1-11-5-6-14-16(12(11)2)19-10-20(17(14)22)9-15(21)13-4-3-7-18-8-13/h3-8,10,15,21H,9H2,1-2H3. The van der Waals surface area contributed by atoms with Gasteiger partial charge in [0.1, 0.15) is 0 Å². The Hall–Kier alpha value is -2.53. The van der Waals surface area contributed by atoms with Crippen molar-refractivity contribution in [2.45, 2.75) is 26.5 Å². The summed E-state index contributed by atoms with van der Waals surface area (Å²) in [4.78, 5) is 20.9. The molecule has 0 fully saturated rings. The normalized spacial score (nSPS) is 12.5. The zero-order valence-corrected chi connectivity index (χ0v) is 12.5. The third-order valence-electron chi connectivity index (χ3n) is 3.96. The molecule has 2 aromatic heterocycles. The first-order valence-corrected chi connectivity index (χ1v) is 7.11. The number of fused-ring (bicyclic) bond motifs is 1. The fourth-order valence-corrected chi connectivity index (χ4v) is 2.47. The average Bonchev–Trinajstić information content (AvgIpc) is 2.54. The van der Waals surface area contributed by atoms with E-state index in [1.54, 1.807) is 30.6 Å². The summed E-state index contributed by atoms with van der Waals surface area (Å²) in [6.07, 6.45) is 3.94. The van der Waals surface area contributed by atoms with Crippen molar-refractivity contribution in [1.29, 1.82) is 0 Å². The monoisotopic (exact) mass is 295 g/mol. The number of rotatable bonds is 3. The van der Waals surface area contributed by atoms with Crippen LogP contribution in [0.5, 0.6) is 0 Å². The number of aromatic nitrogens is 3. The molecule has 5 nitrogen and oxygen atoms in total. The second kappa shape index (κ2) is 5.69. The van der Waals surface area contributed by atoms with E-state index in [9.17, 15) is 9.90 Å². The van der Waals surface area contributed by atoms with Crippen molar-refractivity contribution in [3.05, 3.63) is 70.0 Å². The van der Waals surface area contributed by atoms with Gasteiger partial charge in [-0.15, -0.1) is 0 Å². The van der Waals surface area contributed by atoms with E-state index < -0.39 is 6.10 Å². The lowest BCUT2D eigenvalue weighted by Crippen LogP contribution is -2.24. The van der Waals surface area contributed by atoms with Gasteiger partial charge in [0.05, 0.1) is 29.9 Å². The molecule has 0 aliphatic carbocycles. The highest BCUT2D eigenvalue weighted by Gasteiger charge is 2.12. The minimum absolute atomic E-state index is 0.143. The summed E-state index contributed by atoms with van der Waals surface area (Å²) >= 11 is 0. The molecule has 2 heterocycles. The predicted molar refractivity (Wildman–Crippen MR) is 84.7 cm³/mol. The highest BCUT2D eigenvalue weighted by molar-refractivity contribution is 5.81. The third-order valence-corrected chi connectivity index (χ3v) is 3.96. The van der Waals surface area contributed by atoms with Crippen LogP contribution in [0.15, 0.2) is 47.8 Å². The maximum Gasteiger partial charge on any atom is 0.261 e. The molecule has 3 rings (SSSR count). The van der Waals surface area contributed by atoms with Gasteiger partial charge in [0.2, 0.25) is 0 Å². The first-order valence-electron chi connectivity index (χ1n) is 7.11. The van der Waals surface area contributed by atoms with Gasteiger partial charge in [0.15, 0.2) is 0 Å². The van der Waals surface area contributed by atoms with Crippen molar-refractivity contribution in [1.82, 2.24) is 14.5 Å². The number of hydrogen-bond donors (Lipinski definition) is 1. The molecule has 0 saturated heterocycles. The molecule has 5 heteroatoms. The highest BCUT2D eigenvalue weighted by Crippen LogP contribution is 2.17. The van der Waals surface area contributed by atoms with E-state index in [0.29, 0.717) is 10.9 Å². The van der Waals surface area contributed by atoms with Gasteiger partial charge in [-0.1, -0.05) is 12.1 Å². The molecule has 1 atom stereocenters. The Bertz CT molecular complexity index is 872. The molecule has 0 spiro atoms. The number of benzene rings is 1. The summed E-state index contributed by atoms with van der Waals surface area (Å²) in [5.41, 5.74) is 3.37. The summed E-state index contributed by atoms with van der Waals surface area (Å²) in [6.45, 7) is 4.10. The molecule has 0 aliphatic heterocycles. The molecular weight excluding hydrogens is 278 g/mol. The van der Waals surface area contributed by atoms with Crippen LogP contribution in [0.3, 0.4) is 0 Å². The maximum absolute atomic E-state index is 12.6. The minimum Gasteiger partial charge on any atom is -0.386 e. The lowest BCUT2D eigenvalue weighted by Gasteiger charge is -2.13. The average molecular weight is 295 g/mol. The van der Waals surface area contributed by atoms with Crippen molar-refractivity contribution in [3.63, 3.8) is 0 Å². The Labute approximate surface area is 127 Å². The molecule has 0 bridgehead atoms. The van der Waals surface area contributed by atoms with Crippen LogP contribution in [0.25, 0.3) is 10.9 Å². The molecule has 112 valence electrons. The largest absolute Gasteiger partial charge is 0.386 e. The zero-order chi connectivity index (χ0) is 15.7. The van der Waals surface area contributed by atoms with Crippen molar-refractivity contribution in [3.8, 4) is 0 Å². The number of nitrogens with zero attached hydrogens (tertiary/aromatic N) is 3. The van der Waals surface area contributed by atoms with Gasteiger partial charge in [-0.3, -0.25) is 14.3 Å². The van der Waals surface area contributed by atoms with Crippen LogP contribution in [-0.4, -0.2) is 19.6 Å². The topological polar surface area (TPSA) is 68.0 Å². The van der Waals surface area contributed by atoms with Crippen LogP contribution in [0, 0.1) is 13.8 Å². The highest BCUT2D eigenvalue weighted by atomic mass is 16.3. The Morgan fingerprint density at radius 2 is 2.09 bits per heavy atom. The van der Waals surface area contributed by atoms with Gasteiger partial charge in [-0.2, -0.15) is 0 Å². The molecule has 1 aromatic carbocycles. The molecule has 3 aromatic rings. The third kappa shape index (κ3) is 2.51. The van der Waals surface area contributed by atoms with E-state index in [4.69, 9.17) is 0 Å². The van der Waals surface area contributed by atoms with Crippen LogP contribution in [-0.2, 0) is 6.54 Å². The van der Waals surface area contributed by atoms with Gasteiger partial charge in [0, 0.05) is 18.0 Å². The molecule has 0 radical (unpaired) electrons. The Kier molecular flexibility index (Phi) is 3.73. The van der Waals surface area contributed by atoms with Crippen LogP contribution in [0.1, 0.15) is 22.8 Å². The first kappa shape index (κ1) is 14.4. The molecule has 22 heavy (non-hydrogen) atoms. The van der Waals surface area contributed by atoms with E-state index >= 15 is 0 Å². The quantitative estimate of drug-likeness (QED) is 0.804. The van der Waals surface area contributed by atoms with Crippen LogP contribution < -0.4 is 5.56 Å². The van der Waals surface area contributed by atoms with Gasteiger partial charge in [-0.25, -0.2) is 4.98 Å². The Morgan fingerprint density at radius 1 is 1.27 bits per heavy atom. The van der Waals surface area contributed by atoms with Gasteiger partial charge >= 0.3 is 0 Å². The van der Waals surface area contributed by atoms with E-state index in [1.165, 1.54) is 10.9 Å². The summed E-state index contributed by atoms with van der Waals surface area (Å²) in [6, 6.07) is 7.25. The van der Waals surface area contributed by atoms with Crippen LogP contribution in [0.2, 0.25) is 0 Å². The first-order chi connectivity index (χ1) is 10.6. The molecule has 1 unspecified atom stereocenters. The lowest BCUT2D eigenvalue weighted by atomic mass is 10.1. The fraction of sp³-hybridized carbons (Fsp3) is 0.235. The number of aliphatic hydroxyl groups is 1. The molecular formula is C17H17N3O2. The summed E-state index contributed by atoms with van der Waals surface area (Å²) in [5, 5.41) is 10.8. The predicted octanol–water partition coefficient (Wildman–Crippen LogP) is 2.14. The number of aryl methyl sites for hydroxylation is 2. The summed E-state index contributed by atoms with van der Waals surface area (Å²) < 4.78 is 1.44.